The monoisotopic (exact) mass is 477 g/mol. The molecule has 0 saturated carbocycles. The molecule has 0 spiro atoms. The SMILES string of the molecule is CCn1ccc(CN(c2ccc(C(C)C)cc2)S(=O)(=O)c2c(C)nn(-c3ccccc3)c2C)n1. The standard InChI is InChI=1S/C26H31N5O2S/c1-6-29-17-16-23(28-29)18-30(24-14-12-22(13-15-24)19(2)3)34(32,33)26-20(4)27-31(21(26)5)25-10-8-7-9-11-25/h7-17,19H,6,18H2,1-5H3. The van der Waals surface area contributed by atoms with E-state index in [2.05, 4.69) is 24.0 Å². The van der Waals surface area contributed by atoms with E-state index in [0.717, 1.165) is 17.8 Å². The average molecular weight is 478 g/mol. The molecular weight excluding hydrogens is 446 g/mol. The lowest BCUT2D eigenvalue weighted by molar-refractivity contribution is 0.587. The fraction of sp³-hybridized carbons (Fsp3) is 0.308. The van der Waals surface area contributed by atoms with Crippen LogP contribution in [0.5, 0.6) is 0 Å². The van der Waals surface area contributed by atoms with E-state index in [0.29, 0.717) is 28.7 Å². The zero-order valence-electron chi connectivity index (χ0n) is 20.3. The molecule has 0 aliphatic rings. The summed E-state index contributed by atoms with van der Waals surface area (Å²) in [6.07, 6.45) is 1.87. The van der Waals surface area contributed by atoms with Gasteiger partial charge in [0, 0.05) is 12.7 Å². The number of hydrogen-bond acceptors (Lipinski definition) is 4. The molecule has 0 saturated heterocycles. The lowest BCUT2D eigenvalue weighted by Crippen LogP contribution is -2.31. The first-order valence-electron chi connectivity index (χ1n) is 11.5. The number of nitrogens with zero attached hydrogens (tertiary/aromatic N) is 5. The van der Waals surface area contributed by atoms with Gasteiger partial charge in [0.1, 0.15) is 4.90 Å². The quantitative estimate of drug-likeness (QED) is 0.349. The molecule has 0 N–H and O–H groups in total. The maximum absolute atomic E-state index is 14.2. The molecule has 4 rings (SSSR count). The van der Waals surface area contributed by atoms with Gasteiger partial charge in [-0.1, -0.05) is 44.2 Å². The summed E-state index contributed by atoms with van der Waals surface area (Å²) in [7, 11) is -3.93. The average Bonchev–Trinajstić information content (AvgIpc) is 3.41. The van der Waals surface area contributed by atoms with E-state index in [1.54, 1.807) is 23.2 Å². The van der Waals surface area contributed by atoms with Gasteiger partial charge in [0.15, 0.2) is 0 Å². The van der Waals surface area contributed by atoms with Gasteiger partial charge in [-0.15, -0.1) is 0 Å². The number of benzene rings is 2. The van der Waals surface area contributed by atoms with Gasteiger partial charge in [0.25, 0.3) is 10.0 Å². The van der Waals surface area contributed by atoms with Gasteiger partial charge in [-0.25, -0.2) is 13.1 Å². The molecule has 34 heavy (non-hydrogen) atoms. The van der Waals surface area contributed by atoms with Gasteiger partial charge in [0.2, 0.25) is 0 Å². The highest BCUT2D eigenvalue weighted by Gasteiger charge is 2.32. The summed E-state index contributed by atoms with van der Waals surface area (Å²) in [6.45, 7) is 10.6. The number of sulfonamides is 1. The van der Waals surface area contributed by atoms with E-state index in [1.807, 2.05) is 73.8 Å². The molecule has 2 heterocycles. The van der Waals surface area contributed by atoms with Crippen LogP contribution in [0.25, 0.3) is 5.69 Å². The summed E-state index contributed by atoms with van der Waals surface area (Å²) < 4.78 is 33.2. The second-order valence-electron chi connectivity index (χ2n) is 8.67. The number of para-hydroxylation sites is 1. The van der Waals surface area contributed by atoms with Crippen molar-refractivity contribution >= 4 is 15.7 Å². The predicted octanol–water partition coefficient (Wildman–Crippen LogP) is 5.22. The Morgan fingerprint density at radius 3 is 2.21 bits per heavy atom. The Hall–Kier alpha value is -3.39. The van der Waals surface area contributed by atoms with Crippen LogP contribution in [0.2, 0.25) is 0 Å². The van der Waals surface area contributed by atoms with Crippen LogP contribution in [0.1, 0.15) is 49.3 Å². The molecule has 2 aromatic heterocycles. The maximum atomic E-state index is 14.2. The highest BCUT2D eigenvalue weighted by molar-refractivity contribution is 7.92. The Morgan fingerprint density at radius 2 is 1.62 bits per heavy atom. The first-order valence-corrected chi connectivity index (χ1v) is 12.9. The third-order valence-corrected chi connectivity index (χ3v) is 7.97. The van der Waals surface area contributed by atoms with Crippen molar-refractivity contribution in [2.75, 3.05) is 4.31 Å². The number of aromatic nitrogens is 4. The van der Waals surface area contributed by atoms with Crippen molar-refractivity contribution in [1.82, 2.24) is 19.6 Å². The molecule has 0 aliphatic heterocycles. The van der Waals surface area contributed by atoms with E-state index in [-0.39, 0.29) is 11.4 Å². The Balaban J connectivity index is 1.82. The van der Waals surface area contributed by atoms with Gasteiger partial charge in [0.05, 0.1) is 35.0 Å². The molecule has 0 radical (unpaired) electrons. The minimum Gasteiger partial charge on any atom is -0.273 e. The van der Waals surface area contributed by atoms with Gasteiger partial charge < -0.3 is 0 Å². The van der Waals surface area contributed by atoms with Crippen LogP contribution in [-0.2, 0) is 23.1 Å². The molecule has 0 bridgehead atoms. The summed E-state index contributed by atoms with van der Waals surface area (Å²) in [5.74, 6) is 0.355. The van der Waals surface area contributed by atoms with Crippen LogP contribution in [-0.4, -0.2) is 28.0 Å². The second-order valence-corrected chi connectivity index (χ2v) is 10.5. The highest BCUT2D eigenvalue weighted by Crippen LogP contribution is 2.31. The number of aryl methyl sites for hydroxylation is 2. The third-order valence-electron chi connectivity index (χ3n) is 5.95. The Morgan fingerprint density at radius 1 is 0.941 bits per heavy atom. The van der Waals surface area contributed by atoms with Crippen LogP contribution in [0.3, 0.4) is 0 Å². The van der Waals surface area contributed by atoms with E-state index >= 15 is 0 Å². The third kappa shape index (κ3) is 4.50. The van der Waals surface area contributed by atoms with Crippen LogP contribution in [0, 0.1) is 13.8 Å². The summed E-state index contributed by atoms with van der Waals surface area (Å²) in [6, 6.07) is 19.1. The normalized spacial score (nSPS) is 11.8. The lowest BCUT2D eigenvalue weighted by atomic mass is 10.0. The summed E-state index contributed by atoms with van der Waals surface area (Å²) in [5.41, 5.74) is 4.29. The molecule has 2 aromatic carbocycles. The largest absolute Gasteiger partial charge is 0.273 e. The van der Waals surface area contributed by atoms with Gasteiger partial charge >= 0.3 is 0 Å². The van der Waals surface area contributed by atoms with Crippen molar-refractivity contribution in [2.45, 2.75) is 58.5 Å². The molecule has 0 aliphatic carbocycles. The summed E-state index contributed by atoms with van der Waals surface area (Å²) in [4.78, 5) is 0.221. The minimum atomic E-state index is -3.93. The van der Waals surface area contributed by atoms with E-state index in [9.17, 15) is 8.42 Å². The van der Waals surface area contributed by atoms with Crippen molar-refractivity contribution in [3.8, 4) is 5.69 Å². The van der Waals surface area contributed by atoms with Crippen molar-refractivity contribution < 1.29 is 8.42 Å². The predicted molar refractivity (Wildman–Crippen MR) is 135 cm³/mol. The van der Waals surface area contributed by atoms with E-state index in [1.165, 1.54) is 4.31 Å². The Kier molecular flexibility index (Phi) is 6.61. The summed E-state index contributed by atoms with van der Waals surface area (Å²) >= 11 is 0. The van der Waals surface area contributed by atoms with Crippen molar-refractivity contribution in [1.29, 1.82) is 0 Å². The molecule has 8 heteroatoms. The topological polar surface area (TPSA) is 73.0 Å². The van der Waals surface area contributed by atoms with Gasteiger partial charge in [-0.05, 0) is 62.6 Å². The first kappa shape index (κ1) is 23.8. The molecule has 0 unspecified atom stereocenters. The molecule has 0 fully saturated rings. The molecule has 0 amide bonds. The maximum Gasteiger partial charge on any atom is 0.268 e. The molecular formula is C26H31N5O2S. The fourth-order valence-corrected chi connectivity index (χ4v) is 5.88. The van der Waals surface area contributed by atoms with Crippen molar-refractivity contribution in [3.05, 3.63) is 89.5 Å². The molecule has 178 valence electrons. The first-order chi connectivity index (χ1) is 16.2. The zero-order chi connectivity index (χ0) is 24.5. The van der Waals surface area contributed by atoms with Crippen LogP contribution in [0.15, 0.2) is 71.8 Å². The smallest absolute Gasteiger partial charge is 0.268 e. The van der Waals surface area contributed by atoms with Crippen molar-refractivity contribution in [2.24, 2.45) is 0 Å². The minimum absolute atomic E-state index is 0.131. The van der Waals surface area contributed by atoms with Gasteiger partial charge in [-0.2, -0.15) is 10.2 Å². The highest BCUT2D eigenvalue weighted by atomic mass is 32.2. The van der Waals surface area contributed by atoms with Crippen LogP contribution in [0.4, 0.5) is 5.69 Å². The Labute approximate surface area is 201 Å². The second kappa shape index (κ2) is 9.46. The van der Waals surface area contributed by atoms with Crippen LogP contribution < -0.4 is 4.31 Å². The van der Waals surface area contributed by atoms with E-state index in [4.69, 9.17) is 0 Å². The fourth-order valence-electron chi connectivity index (χ4n) is 4.08. The molecule has 7 nitrogen and oxygen atoms in total. The van der Waals surface area contributed by atoms with Gasteiger partial charge in [-0.3, -0.25) is 8.99 Å². The number of hydrogen-bond donors (Lipinski definition) is 0. The van der Waals surface area contributed by atoms with Crippen LogP contribution >= 0.6 is 0 Å². The number of rotatable bonds is 8. The molecule has 0 atom stereocenters. The Bertz CT molecular complexity index is 1370. The summed E-state index contributed by atoms with van der Waals surface area (Å²) in [5, 5.41) is 9.11. The zero-order valence-corrected chi connectivity index (χ0v) is 21.1. The van der Waals surface area contributed by atoms with E-state index < -0.39 is 10.0 Å². The van der Waals surface area contributed by atoms with Crippen molar-refractivity contribution in [3.63, 3.8) is 0 Å². The number of anilines is 1. The lowest BCUT2D eigenvalue weighted by Gasteiger charge is -2.24. The molecule has 4 aromatic rings.